The van der Waals surface area contributed by atoms with Gasteiger partial charge in [0.05, 0.1) is 10.7 Å². The molecule has 0 radical (unpaired) electrons. The van der Waals surface area contributed by atoms with Gasteiger partial charge < -0.3 is 5.32 Å². The topological polar surface area (TPSA) is 24.9 Å². The van der Waals surface area contributed by atoms with Crippen molar-refractivity contribution in [2.45, 2.75) is 19.9 Å². The maximum Gasteiger partial charge on any atom is 0.0589 e. The predicted octanol–water partition coefficient (Wildman–Crippen LogP) is 2.41. The van der Waals surface area contributed by atoms with Crippen LogP contribution in [0.15, 0.2) is 18.3 Å². The molecular weight excluding hydrogens is 172 g/mol. The Morgan fingerprint density at radius 2 is 2.33 bits per heavy atom. The van der Waals surface area contributed by atoms with Crippen LogP contribution in [0, 0.1) is 0 Å². The van der Waals surface area contributed by atoms with Crippen molar-refractivity contribution in [3.05, 3.63) is 29.0 Å². The van der Waals surface area contributed by atoms with Crippen LogP contribution in [0.1, 0.15) is 25.6 Å². The van der Waals surface area contributed by atoms with E-state index in [-0.39, 0.29) is 0 Å². The van der Waals surface area contributed by atoms with E-state index in [2.05, 4.69) is 24.1 Å². The predicted molar refractivity (Wildman–Crippen MR) is 51.3 cm³/mol. The lowest BCUT2D eigenvalue weighted by Gasteiger charge is -2.10. The van der Waals surface area contributed by atoms with E-state index in [0.717, 1.165) is 12.2 Å². The van der Waals surface area contributed by atoms with Gasteiger partial charge in [-0.05, 0) is 25.6 Å². The molecule has 0 aromatic carbocycles. The maximum absolute atomic E-state index is 5.71. The monoisotopic (exact) mass is 184 g/mol. The Bertz CT molecular complexity index is 233. The lowest BCUT2D eigenvalue weighted by atomic mass is 10.2. The van der Waals surface area contributed by atoms with Gasteiger partial charge in [0, 0.05) is 12.2 Å². The second-order valence-corrected chi connectivity index (χ2v) is 3.12. The number of aromatic nitrogens is 1. The molecule has 2 nitrogen and oxygen atoms in total. The fourth-order valence-electron chi connectivity index (χ4n) is 1.05. The molecule has 1 heterocycles. The van der Waals surface area contributed by atoms with Crippen molar-refractivity contribution in [2.24, 2.45) is 0 Å². The van der Waals surface area contributed by atoms with Crippen LogP contribution in [0.3, 0.4) is 0 Å². The molecule has 0 saturated heterocycles. The van der Waals surface area contributed by atoms with Crippen LogP contribution in [0.2, 0.25) is 5.02 Å². The zero-order valence-electron chi connectivity index (χ0n) is 7.34. The lowest BCUT2D eigenvalue weighted by Crippen LogP contribution is -2.18. The van der Waals surface area contributed by atoms with E-state index in [0.29, 0.717) is 11.1 Å². The molecule has 0 spiro atoms. The Kier molecular flexibility index (Phi) is 3.50. The van der Waals surface area contributed by atoms with Gasteiger partial charge in [0.2, 0.25) is 0 Å². The van der Waals surface area contributed by atoms with Gasteiger partial charge in [-0.3, -0.25) is 4.98 Å². The minimum atomic E-state index is 0.298. The molecule has 12 heavy (non-hydrogen) atoms. The molecule has 1 N–H and O–H groups in total. The van der Waals surface area contributed by atoms with E-state index in [1.807, 2.05) is 12.1 Å². The van der Waals surface area contributed by atoms with Crippen molar-refractivity contribution in [2.75, 3.05) is 6.54 Å². The zero-order valence-corrected chi connectivity index (χ0v) is 8.10. The van der Waals surface area contributed by atoms with E-state index in [9.17, 15) is 0 Å². The minimum absolute atomic E-state index is 0.298. The van der Waals surface area contributed by atoms with Gasteiger partial charge in [-0.1, -0.05) is 18.5 Å². The molecule has 0 aliphatic rings. The van der Waals surface area contributed by atoms with Crippen LogP contribution < -0.4 is 5.32 Å². The third-order valence-electron chi connectivity index (χ3n) is 1.70. The number of rotatable bonds is 3. The first kappa shape index (κ1) is 9.49. The van der Waals surface area contributed by atoms with Crippen molar-refractivity contribution >= 4 is 11.6 Å². The quantitative estimate of drug-likeness (QED) is 0.781. The van der Waals surface area contributed by atoms with Crippen LogP contribution >= 0.6 is 11.6 Å². The minimum Gasteiger partial charge on any atom is -0.309 e. The summed E-state index contributed by atoms with van der Waals surface area (Å²) in [6.07, 6.45) is 1.67. The van der Waals surface area contributed by atoms with Crippen molar-refractivity contribution in [1.82, 2.24) is 10.3 Å². The molecule has 1 rings (SSSR count). The number of nitrogens with zero attached hydrogens (tertiary/aromatic N) is 1. The Hall–Kier alpha value is -0.600. The molecule has 3 heteroatoms. The van der Waals surface area contributed by atoms with Crippen molar-refractivity contribution in [3.63, 3.8) is 0 Å². The molecular formula is C9H13ClN2. The van der Waals surface area contributed by atoms with Crippen molar-refractivity contribution in [3.8, 4) is 0 Å². The zero-order chi connectivity index (χ0) is 8.97. The number of hydrogen-bond donors (Lipinski definition) is 1. The highest BCUT2D eigenvalue weighted by molar-refractivity contribution is 6.30. The Morgan fingerprint density at radius 1 is 1.58 bits per heavy atom. The Labute approximate surface area is 78.0 Å². The van der Waals surface area contributed by atoms with Gasteiger partial charge in [0.1, 0.15) is 0 Å². The normalized spacial score (nSPS) is 12.9. The van der Waals surface area contributed by atoms with Crippen molar-refractivity contribution in [1.29, 1.82) is 0 Å². The maximum atomic E-state index is 5.71. The van der Waals surface area contributed by atoms with E-state index < -0.39 is 0 Å². The third kappa shape index (κ3) is 2.47. The summed E-state index contributed by atoms with van der Waals surface area (Å²) in [7, 11) is 0. The summed E-state index contributed by atoms with van der Waals surface area (Å²) < 4.78 is 0. The molecule has 0 fully saturated rings. The van der Waals surface area contributed by atoms with Crippen LogP contribution in [0.5, 0.6) is 0 Å². The lowest BCUT2D eigenvalue weighted by molar-refractivity contribution is 0.583. The van der Waals surface area contributed by atoms with Gasteiger partial charge >= 0.3 is 0 Å². The first-order valence-corrected chi connectivity index (χ1v) is 4.46. The van der Waals surface area contributed by atoms with Crippen LogP contribution in [-0.4, -0.2) is 11.5 Å². The van der Waals surface area contributed by atoms with Crippen LogP contribution in [-0.2, 0) is 0 Å². The highest BCUT2D eigenvalue weighted by Gasteiger charge is 2.03. The molecule has 1 aromatic heterocycles. The fraction of sp³-hybridized carbons (Fsp3) is 0.444. The summed E-state index contributed by atoms with van der Waals surface area (Å²) in [6, 6.07) is 4.10. The first-order valence-electron chi connectivity index (χ1n) is 4.09. The number of halogens is 1. The molecule has 0 aliphatic carbocycles. The van der Waals surface area contributed by atoms with Gasteiger partial charge in [0.15, 0.2) is 0 Å². The smallest absolute Gasteiger partial charge is 0.0589 e. The SMILES string of the molecule is CCNC(C)c1ccc(Cl)cn1. The summed E-state index contributed by atoms with van der Waals surface area (Å²) in [6.45, 7) is 5.11. The largest absolute Gasteiger partial charge is 0.309 e. The first-order chi connectivity index (χ1) is 5.74. The standard InChI is InChI=1S/C9H13ClN2/c1-3-11-7(2)9-5-4-8(10)6-12-9/h4-7,11H,3H2,1-2H3. The number of pyridine rings is 1. The molecule has 0 aliphatic heterocycles. The fourth-order valence-corrected chi connectivity index (χ4v) is 1.17. The molecule has 1 atom stereocenters. The van der Waals surface area contributed by atoms with E-state index >= 15 is 0 Å². The summed E-state index contributed by atoms with van der Waals surface area (Å²) in [5, 5.41) is 3.96. The summed E-state index contributed by atoms with van der Waals surface area (Å²) in [4.78, 5) is 4.20. The second-order valence-electron chi connectivity index (χ2n) is 2.68. The number of nitrogens with one attached hydrogen (secondary N) is 1. The highest BCUT2D eigenvalue weighted by Crippen LogP contribution is 2.11. The summed E-state index contributed by atoms with van der Waals surface area (Å²) >= 11 is 5.71. The van der Waals surface area contributed by atoms with Gasteiger partial charge in [-0.25, -0.2) is 0 Å². The average molecular weight is 185 g/mol. The highest BCUT2D eigenvalue weighted by atomic mass is 35.5. The molecule has 0 saturated carbocycles. The van der Waals surface area contributed by atoms with Crippen LogP contribution in [0.4, 0.5) is 0 Å². The van der Waals surface area contributed by atoms with Crippen LogP contribution in [0.25, 0.3) is 0 Å². The van der Waals surface area contributed by atoms with Gasteiger partial charge in [-0.2, -0.15) is 0 Å². The van der Waals surface area contributed by atoms with Gasteiger partial charge in [-0.15, -0.1) is 0 Å². The van der Waals surface area contributed by atoms with Gasteiger partial charge in [0.25, 0.3) is 0 Å². The van der Waals surface area contributed by atoms with E-state index in [1.165, 1.54) is 0 Å². The van der Waals surface area contributed by atoms with Crippen molar-refractivity contribution < 1.29 is 0 Å². The molecule has 1 unspecified atom stereocenters. The molecule has 0 amide bonds. The third-order valence-corrected chi connectivity index (χ3v) is 1.93. The van der Waals surface area contributed by atoms with E-state index in [4.69, 9.17) is 11.6 Å². The average Bonchev–Trinajstić information content (AvgIpc) is 2.06. The second kappa shape index (κ2) is 4.43. The van der Waals surface area contributed by atoms with E-state index in [1.54, 1.807) is 6.20 Å². The Balaban J connectivity index is 2.68. The summed E-state index contributed by atoms with van der Waals surface area (Å²) in [5.74, 6) is 0. The molecule has 0 bridgehead atoms. The molecule has 66 valence electrons. The molecule has 1 aromatic rings. The number of hydrogen-bond acceptors (Lipinski definition) is 2. The summed E-state index contributed by atoms with van der Waals surface area (Å²) in [5.41, 5.74) is 1.03. The Morgan fingerprint density at radius 3 is 2.83 bits per heavy atom.